The Bertz CT molecular complexity index is 517. The molecule has 0 saturated carbocycles. The molecule has 5 nitrogen and oxygen atoms in total. The highest BCUT2D eigenvalue weighted by molar-refractivity contribution is 5.74. The maximum Gasteiger partial charge on any atom is 0.315 e. The predicted molar refractivity (Wildman–Crippen MR) is 85.7 cm³/mol. The van der Waals surface area contributed by atoms with Crippen LogP contribution in [0.1, 0.15) is 24.5 Å². The third-order valence-electron chi connectivity index (χ3n) is 4.50. The van der Waals surface area contributed by atoms with Gasteiger partial charge in [0.25, 0.3) is 0 Å². The first-order valence-electron chi connectivity index (χ1n) is 8.05. The summed E-state index contributed by atoms with van der Waals surface area (Å²) in [6.45, 7) is 7.40. The zero-order valence-corrected chi connectivity index (χ0v) is 13.3. The van der Waals surface area contributed by atoms with Gasteiger partial charge in [-0.1, -0.05) is 29.8 Å². The smallest absolute Gasteiger partial charge is 0.315 e. The molecule has 2 saturated heterocycles. The molecule has 2 N–H and O–H groups in total. The number of amides is 2. The summed E-state index contributed by atoms with van der Waals surface area (Å²) in [5.41, 5.74) is 2.35. The Morgan fingerprint density at radius 1 is 1.32 bits per heavy atom. The second-order valence-corrected chi connectivity index (χ2v) is 6.50. The van der Waals surface area contributed by atoms with Gasteiger partial charge in [0.2, 0.25) is 0 Å². The van der Waals surface area contributed by atoms with Crippen molar-refractivity contribution in [2.24, 2.45) is 0 Å². The maximum absolute atomic E-state index is 12.0. The maximum atomic E-state index is 12.0. The van der Waals surface area contributed by atoms with E-state index in [-0.39, 0.29) is 12.1 Å². The van der Waals surface area contributed by atoms with Gasteiger partial charge in [0.1, 0.15) is 0 Å². The number of morpholine rings is 1. The lowest BCUT2D eigenvalue weighted by atomic mass is 10.1. The molecule has 0 bridgehead atoms. The summed E-state index contributed by atoms with van der Waals surface area (Å²) < 4.78 is 5.69. The number of aryl methyl sites for hydroxylation is 1. The standard InChI is InChI=1S/C17H25N3O2/c1-12-3-5-14(6-4-12)8-18-17(21)19-15-7-16-11-22-13(2)9-20(16)10-15/h3-6,13,15-16H,7-11H2,1-2H3,(H2,18,19,21)/t13-,15-,16+/m1/s1. The Kier molecular flexibility index (Phi) is 4.64. The third-order valence-corrected chi connectivity index (χ3v) is 4.50. The summed E-state index contributed by atoms with van der Waals surface area (Å²) in [5, 5.41) is 6.02. The minimum atomic E-state index is -0.0839. The number of nitrogens with one attached hydrogen (secondary N) is 2. The molecule has 2 aliphatic heterocycles. The van der Waals surface area contributed by atoms with Crippen molar-refractivity contribution < 1.29 is 9.53 Å². The lowest BCUT2D eigenvalue weighted by Crippen LogP contribution is -2.46. The number of rotatable bonds is 3. The molecule has 0 spiro atoms. The third kappa shape index (κ3) is 3.78. The van der Waals surface area contributed by atoms with Crippen LogP contribution in [0.3, 0.4) is 0 Å². The van der Waals surface area contributed by atoms with Crippen LogP contribution in [0.4, 0.5) is 4.79 Å². The van der Waals surface area contributed by atoms with Crippen LogP contribution in [0.15, 0.2) is 24.3 Å². The molecule has 2 aliphatic rings. The van der Waals surface area contributed by atoms with Crippen LogP contribution in [0.5, 0.6) is 0 Å². The first-order chi connectivity index (χ1) is 10.6. The lowest BCUT2D eigenvalue weighted by molar-refractivity contribution is -0.0390. The largest absolute Gasteiger partial charge is 0.376 e. The fourth-order valence-electron chi connectivity index (χ4n) is 3.27. The van der Waals surface area contributed by atoms with E-state index in [1.807, 2.05) is 12.1 Å². The molecule has 3 rings (SSSR count). The number of carbonyl (C=O) groups is 1. The van der Waals surface area contributed by atoms with Gasteiger partial charge in [0.05, 0.1) is 12.7 Å². The van der Waals surface area contributed by atoms with E-state index in [9.17, 15) is 4.79 Å². The van der Waals surface area contributed by atoms with Gasteiger partial charge in [-0.3, -0.25) is 4.90 Å². The summed E-state index contributed by atoms with van der Waals surface area (Å²) in [7, 11) is 0. The van der Waals surface area contributed by atoms with E-state index in [4.69, 9.17) is 4.74 Å². The molecule has 2 fully saturated rings. The first-order valence-corrected chi connectivity index (χ1v) is 8.05. The van der Waals surface area contributed by atoms with Gasteiger partial charge in [0, 0.05) is 31.7 Å². The normalized spacial score (nSPS) is 28.2. The minimum Gasteiger partial charge on any atom is -0.376 e. The highest BCUT2D eigenvalue weighted by atomic mass is 16.5. The second-order valence-electron chi connectivity index (χ2n) is 6.50. The van der Waals surface area contributed by atoms with Gasteiger partial charge >= 0.3 is 6.03 Å². The number of urea groups is 1. The van der Waals surface area contributed by atoms with E-state index in [1.54, 1.807) is 0 Å². The topological polar surface area (TPSA) is 53.6 Å². The molecule has 3 atom stereocenters. The highest BCUT2D eigenvalue weighted by Gasteiger charge is 2.36. The number of hydrogen-bond donors (Lipinski definition) is 2. The molecular weight excluding hydrogens is 278 g/mol. The van der Waals surface area contributed by atoms with E-state index in [0.717, 1.165) is 31.7 Å². The van der Waals surface area contributed by atoms with Crippen molar-refractivity contribution in [2.75, 3.05) is 19.7 Å². The number of fused-ring (bicyclic) bond motifs is 1. The molecule has 2 heterocycles. The number of hydrogen-bond acceptors (Lipinski definition) is 3. The fourth-order valence-corrected chi connectivity index (χ4v) is 3.27. The van der Waals surface area contributed by atoms with Gasteiger partial charge in [-0.05, 0) is 25.8 Å². The second kappa shape index (κ2) is 6.67. The summed E-state index contributed by atoms with van der Waals surface area (Å²) in [5.74, 6) is 0. The monoisotopic (exact) mass is 303 g/mol. The lowest BCUT2D eigenvalue weighted by Gasteiger charge is -2.33. The van der Waals surface area contributed by atoms with Crippen molar-refractivity contribution >= 4 is 6.03 Å². The fraction of sp³-hybridized carbons (Fsp3) is 0.588. The van der Waals surface area contributed by atoms with Crippen molar-refractivity contribution in [1.29, 1.82) is 0 Å². The Morgan fingerprint density at radius 3 is 2.86 bits per heavy atom. The van der Waals surface area contributed by atoms with Crippen molar-refractivity contribution in [3.8, 4) is 0 Å². The van der Waals surface area contributed by atoms with Crippen LogP contribution in [0.2, 0.25) is 0 Å². The average molecular weight is 303 g/mol. The molecular formula is C17H25N3O2. The number of ether oxygens (including phenoxy) is 1. The quantitative estimate of drug-likeness (QED) is 0.893. The van der Waals surface area contributed by atoms with Crippen molar-refractivity contribution in [2.45, 2.75) is 45.0 Å². The van der Waals surface area contributed by atoms with E-state index in [2.05, 4.69) is 41.5 Å². The van der Waals surface area contributed by atoms with Crippen LogP contribution in [0.25, 0.3) is 0 Å². The van der Waals surface area contributed by atoms with Gasteiger partial charge in [0.15, 0.2) is 0 Å². The highest BCUT2D eigenvalue weighted by Crippen LogP contribution is 2.22. The zero-order valence-electron chi connectivity index (χ0n) is 13.3. The van der Waals surface area contributed by atoms with Crippen molar-refractivity contribution in [3.63, 3.8) is 0 Å². The van der Waals surface area contributed by atoms with Gasteiger partial charge in [-0.25, -0.2) is 4.79 Å². The zero-order chi connectivity index (χ0) is 15.5. The number of benzene rings is 1. The molecule has 22 heavy (non-hydrogen) atoms. The number of carbonyl (C=O) groups excluding carboxylic acids is 1. The van der Waals surface area contributed by atoms with Crippen molar-refractivity contribution in [1.82, 2.24) is 15.5 Å². The van der Waals surface area contributed by atoms with Crippen LogP contribution >= 0.6 is 0 Å². The summed E-state index contributed by atoms with van der Waals surface area (Å²) in [4.78, 5) is 14.5. The van der Waals surface area contributed by atoms with Gasteiger partial charge in [-0.2, -0.15) is 0 Å². The first kappa shape index (κ1) is 15.3. The molecule has 5 heteroatoms. The Morgan fingerprint density at radius 2 is 2.09 bits per heavy atom. The molecule has 0 unspecified atom stereocenters. The molecule has 0 aromatic heterocycles. The van der Waals surface area contributed by atoms with Crippen LogP contribution in [-0.4, -0.2) is 48.8 Å². The molecule has 1 aromatic carbocycles. The molecule has 2 amide bonds. The molecule has 1 aromatic rings. The Balaban J connectivity index is 1.43. The van der Waals surface area contributed by atoms with Crippen LogP contribution in [-0.2, 0) is 11.3 Å². The Labute approximate surface area is 132 Å². The van der Waals surface area contributed by atoms with E-state index in [1.165, 1.54) is 5.56 Å². The van der Waals surface area contributed by atoms with Crippen molar-refractivity contribution in [3.05, 3.63) is 35.4 Å². The molecule has 120 valence electrons. The summed E-state index contributed by atoms with van der Waals surface area (Å²) >= 11 is 0. The minimum absolute atomic E-state index is 0.0839. The molecule has 0 radical (unpaired) electrons. The summed E-state index contributed by atoms with van der Waals surface area (Å²) in [6.07, 6.45) is 1.27. The molecule has 0 aliphatic carbocycles. The average Bonchev–Trinajstić information content (AvgIpc) is 2.88. The van der Waals surface area contributed by atoms with E-state index in [0.29, 0.717) is 18.7 Å². The van der Waals surface area contributed by atoms with Crippen LogP contribution < -0.4 is 10.6 Å². The van der Waals surface area contributed by atoms with Crippen LogP contribution in [0, 0.1) is 6.92 Å². The Hall–Kier alpha value is -1.59. The van der Waals surface area contributed by atoms with E-state index >= 15 is 0 Å². The predicted octanol–water partition coefficient (Wildman–Crippen LogP) is 1.66. The summed E-state index contributed by atoms with van der Waals surface area (Å²) in [6, 6.07) is 8.81. The SMILES string of the molecule is Cc1ccc(CNC(=O)N[C@@H]2C[C@H]3CO[C@H](C)CN3C2)cc1. The van der Waals surface area contributed by atoms with E-state index < -0.39 is 0 Å². The van der Waals surface area contributed by atoms with Gasteiger partial charge in [-0.15, -0.1) is 0 Å². The number of nitrogens with zero attached hydrogens (tertiary/aromatic N) is 1. The van der Waals surface area contributed by atoms with Gasteiger partial charge < -0.3 is 15.4 Å².